The summed E-state index contributed by atoms with van der Waals surface area (Å²) in [4.78, 5) is 33.5. The van der Waals surface area contributed by atoms with Crippen molar-refractivity contribution in [2.24, 2.45) is 11.7 Å². The van der Waals surface area contributed by atoms with E-state index < -0.39 is 0 Å². The number of piperidine rings is 2. The molecule has 7 heteroatoms. The molecule has 3 aromatic rings. The van der Waals surface area contributed by atoms with Crippen LogP contribution in [0.25, 0.3) is 11.1 Å². The Morgan fingerprint density at radius 2 is 1.75 bits per heavy atom. The summed E-state index contributed by atoms with van der Waals surface area (Å²) in [5.41, 5.74) is 8.85. The van der Waals surface area contributed by atoms with Gasteiger partial charge in [0, 0.05) is 37.4 Å². The molecule has 2 fully saturated rings. The number of nitrogens with two attached hydrogens (primary N) is 1. The van der Waals surface area contributed by atoms with Crippen LogP contribution in [0.4, 0.5) is 5.69 Å². The lowest BCUT2D eigenvalue weighted by Crippen LogP contribution is -2.41. The number of fused-ring (bicyclic) bond motifs is 1. The fraction of sp³-hybridized carbons (Fsp3) is 0.400. The first-order valence-electron chi connectivity index (χ1n) is 11.4. The third-order valence-electron chi connectivity index (χ3n) is 6.67. The number of primary amides is 1. The molecule has 0 saturated carbocycles. The maximum absolute atomic E-state index is 13.2. The third-order valence-corrected chi connectivity index (χ3v) is 6.67. The van der Waals surface area contributed by atoms with E-state index in [1.165, 1.54) is 0 Å². The lowest BCUT2D eigenvalue weighted by Gasteiger charge is -2.33. The van der Waals surface area contributed by atoms with Gasteiger partial charge in [-0.3, -0.25) is 9.59 Å². The second kappa shape index (κ2) is 8.65. The predicted molar refractivity (Wildman–Crippen MR) is 122 cm³/mol. The molecule has 0 radical (unpaired) electrons. The summed E-state index contributed by atoms with van der Waals surface area (Å²) in [6.07, 6.45) is 3.68. The van der Waals surface area contributed by atoms with E-state index >= 15 is 0 Å². The smallest absolute Gasteiger partial charge is 0.253 e. The second-order valence-corrected chi connectivity index (χ2v) is 8.84. The number of hydrogen-bond acceptors (Lipinski definition) is 5. The van der Waals surface area contributed by atoms with Gasteiger partial charge < -0.3 is 20.0 Å². The topological polar surface area (TPSA) is 92.7 Å². The standard InChI is InChI=1S/C25H28N4O3/c26-23(30)18-5-3-13-28(15-18)20-11-9-17(10-12-20)25(31)29-14-4-6-19(16-29)24-27-21-7-1-2-8-22(21)32-24/h1-2,7-12,18-19H,3-6,13-16H2,(H2,26,30)/t18-,19-/m0/s1. The Hall–Kier alpha value is -3.35. The first-order chi connectivity index (χ1) is 15.6. The number of carbonyl (C=O) groups is 2. The Kier molecular flexibility index (Phi) is 5.55. The molecule has 2 aliphatic heterocycles. The van der Waals surface area contributed by atoms with Crippen LogP contribution in [0, 0.1) is 5.92 Å². The van der Waals surface area contributed by atoms with E-state index in [4.69, 9.17) is 10.2 Å². The second-order valence-electron chi connectivity index (χ2n) is 8.84. The summed E-state index contributed by atoms with van der Waals surface area (Å²) in [5, 5.41) is 0. The molecule has 0 aliphatic carbocycles. The zero-order chi connectivity index (χ0) is 22.1. The molecule has 2 amide bonds. The van der Waals surface area contributed by atoms with Gasteiger partial charge in [-0.05, 0) is 62.1 Å². The molecule has 32 heavy (non-hydrogen) atoms. The quantitative estimate of drug-likeness (QED) is 0.681. The van der Waals surface area contributed by atoms with E-state index in [9.17, 15) is 9.59 Å². The zero-order valence-electron chi connectivity index (χ0n) is 18.1. The van der Waals surface area contributed by atoms with Crippen molar-refractivity contribution in [1.82, 2.24) is 9.88 Å². The van der Waals surface area contributed by atoms with Crippen LogP contribution >= 0.6 is 0 Å². The van der Waals surface area contributed by atoms with Crippen molar-refractivity contribution in [1.29, 1.82) is 0 Å². The minimum atomic E-state index is -0.236. The Morgan fingerprint density at radius 1 is 0.969 bits per heavy atom. The highest BCUT2D eigenvalue weighted by atomic mass is 16.3. The summed E-state index contributed by atoms with van der Waals surface area (Å²) in [5.74, 6) is 0.514. The van der Waals surface area contributed by atoms with E-state index in [2.05, 4.69) is 9.88 Å². The lowest BCUT2D eigenvalue weighted by molar-refractivity contribution is -0.122. The van der Waals surface area contributed by atoms with Crippen LogP contribution in [0.5, 0.6) is 0 Å². The highest BCUT2D eigenvalue weighted by Gasteiger charge is 2.29. The van der Waals surface area contributed by atoms with Crippen molar-refractivity contribution in [2.75, 3.05) is 31.1 Å². The molecule has 2 atom stereocenters. The molecule has 2 saturated heterocycles. The largest absolute Gasteiger partial charge is 0.440 e. The van der Waals surface area contributed by atoms with Gasteiger partial charge in [0.25, 0.3) is 5.91 Å². The van der Waals surface area contributed by atoms with Gasteiger partial charge in [0.05, 0.1) is 11.8 Å². The van der Waals surface area contributed by atoms with Crippen LogP contribution in [0.1, 0.15) is 47.8 Å². The summed E-state index contributed by atoms with van der Waals surface area (Å²) >= 11 is 0. The fourth-order valence-electron chi connectivity index (χ4n) is 4.87. The summed E-state index contributed by atoms with van der Waals surface area (Å²) in [6, 6.07) is 15.5. The molecule has 0 bridgehead atoms. The minimum absolute atomic E-state index is 0.0333. The Bertz CT molecular complexity index is 1090. The van der Waals surface area contributed by atoms with Crippen LogP contribution in [-0.2, 0) is 4.79 Å². The summed E-state index contributed by atoms with van der Waals surface area (Å²) in [7, 11) is 0. The summed E-state index contributed by atoms with van der Waals surface area (Å²) in [6.45, 7) is 2.89. The summed E-state index contributed by atoms with van der Waals surface area (Å²) < 4.78 is 5.96. The van der Waals surface area contributed by atoms with Gasteiger partial charge in [-0.15, -0.1) is 0 Å². The number of nitrogens with zero attached hydrogens (tertiary/aromatic N) is 3. The van der Waals surface area contributed by atoms with E-state index in [-0.39, 0.29) is 23.7 Å². The number of likely N-dealkylation sites (tertiary alicyclic amines) is 1. The van der Waals surface area contributed by atoms with E-state index in [1.807, 2.05) is 53.4 Å². The third kappa shape index (κ3) is 4.07. The van der Waals surface area contributed by atoms with Crippen molar-refractivity contribution in [3.63, 3.8) is 0 Å². The first kappa shape index (κ1) is 20.5. The Balaban J connectivity index is 1.27. The molecule has 2 N–H and O–H groups in total. The Labute approximate surface area is 187 Å². The molecule has 2 aromatic carbocycles. The highest BCUT2D eigenvalue weighted by Crippen LogP contribution is 2.30. The van der Waals surface area contributed by atoms with Crippen molar-refractivity contribution >= 4 is 28.6 Å². The highest BCUT2D eigenvalue weighted by molar-refractivity contribution is 5.94. The SMILES string of the molecule is NC(=O)[C@H]1CCCN(c2ccc(C(=O)N3CCC[C@H](c4nc5ccccc5o4)C3)cc2)C1. The lowest BCUT2D eigenvalue weighted by atomic mass is 9.96. The number of rotatable bonds is 4. The van der Waals surface area contributed by atoms with Crippen molar-refractivity contribution in [3.05, 3.63) is 60.0 Å². The predicted octanol–water partition coefficient (Wildman–Crippen LogP) is 3.55. The van der Waals surface area contributed by atoms with E-state index in [1.54, 1.807) is 0 Å². The van der Waals surface area contributed by atoms with Crippen LogP contribution in [0.2, 0.25) is 0 Å². The maximum atomic E-state index is 13.2. The molecule has 2 aliphatic rings. The number of anilines is 1. The molecule has 3 heterocycles. The van der Waals surface area contributed by atoms with Gasteiger partial charge in [-0.2, -0.15) is 0 Å². The number of oxazole rings is 1. The molecule has 0 unspecified atom stereocenters. The normalized spacial score (nSPS) is 21.6. The molecule has 166 valence electrons. The molecular formula is C25H28N4O3. The number of amides is 2. The van der Waals surface area contributed by atoms with E-state index in [0.717, 1.165) is 55.6 Å². The zero-order valence-corrected chi connectivity index (χ0v) is 18.1. The molecule has 0 spiro atoms. The molecular weight excluding hydrogens is 404 g/mol. The van der Waals surface area contributed by atoms with Gasteiger partial charge >= 0.3 is 0 Å². The maximum Gasteiger partial charge on any atom is 0.253 e. The molecule has 7 nitrogen and oxygen atoms in total. The van der Waals surface area contributed by atoms with Crippen molar-refractivity contribution in [3.8, 4) is 0 Å². The number of benzene rings is 2. The minimum Gasteiger partial charge on any atom is -0.440 e. The fourth-order valence-corrected chi connectivity index (χ4v) is 4.87. The number of aromatic nitrogens is 1. The van der Waals surface area contributed by atoms with Crippen LogP contribution < -0.4 is 10.6 Å². The van der Waals surface area contributed by atoms with Crippen molar-refractivity contribution < 1.29 is 14.0 Å². The van der Waals surface area contributed by atoms with Crippen LogP contribution in [-0.4, -0.2) is 47.9 Å². The van der Waals surface area contributed by atoms with E-state index in [0.29, 0.717) is 24.5 Å². The first-order valence-corrected chi connectivity index (χ1v) is 11.4. The Morgan fingerprint density at radius 3 is 2.53 bits per heavy atom. The average Bonchev–Trinajstić information content (AvgIpc) is 3.28. The number of para-hydroxylation sites is 2. The molecule has 1 aromatic heterocycles. The molecule has 5 rings (SSSR count). The number of carbonyl (C=O) groups excluding carboxylic acids is 2. The van der Waals surface area contributed by atoms with Gasteiger partial charge in [0.2, 0.25) is 5.91 Å². The van der Waals surface area contributed by atoms with Crippen molar-refractivity contribution in [2.45, 2.75) is 31.6 Å². The van der Waals surface area contributed by atoms with Gasteiger partial charge in [-0.25, -0.2) is 4.98 Å². The van der Waals surface area contributed by atoms with Gasteiger partial charge in [0.1, 0.15) is 5.52 Å². The van der Waals surface area contributed by atoms with Crippen LogP contribution in [0.3, 0.4) is 0 Å². The van der Waals surface area contributed by atoms with Gasteiger partial charge in [0.15, 0.2) is 11.5 Å². The van der Waals surface area contributed by atoms with Gasteiger partial charge in [-0.1, -0.05) is 12.1 Å². The average molecular weight is 433 g/mol. The number of hydrogen-bond donors (Lipinski definition) is 1. The van der Waals surface area contributed by atoms with Crippen LogP contribution in [0.15, 0.2) is 52.9 Å². The monoisotopic (exact) mass is 432 g/mol.